The van der Waals surface area contributed by atoms with Crippen molar-refractivity contribution < 1.29 is 27.6 Å². The first kappa shape index (κ1) is 20.1. The lowest BCUT2D eigenvalue weighted by molar-refractivity contribution is -0.124. The Hall–Kier alpha value is -1.97. The molecule has 0 saturated heterocycles. The van der Waals surface area contributed by atoms with Gasteiger partial charge in [-0.1, -0.05) is 17.5 Å². The van der Waals surface area contributed by atoms with E-state index < -0.39 is 28.5 Å². The minimum Gasteiger partial charge on any atom is -0.452 e. The SMILES string of the molecule is CC[C@@H](C)NC(=O)COC(=O)c1cccc(S(=O)(=O)N(C)OC)c1. The second-order valence-corrected chi connectivity index (χ2v) is 7.01. The number of amides is 1. The first-order chi connectivity index (χ1) is 11.2. The summed E-state index contributed by atoms with van der Waals surface area (Å²) in [5.41, 5.74) is 0.0249. The summed E-state index contributed by atoms with van der Waals surface area (Å²) in [4.78, 5) is 28.1. The Labute approximate surface area is 141 Å². The van der Waals surface area contributed by atoms with Gasteiger partial charge in [0.05, 0.1) is 17.6 Å². The number of hydroxylamine groups is 1. The molecule has 9 heteroatoms. The van der Waals surface area contributed by atoms with Crippen LogP contribution in [0, 0.1) is 0 Å². The highest BCUT2D eigenvalue weighted by atomic mass is 32.2. The Balaban J connectivity index is 2.80. The van der Waals surface area contributed by atoms with Crippen LogP contribution in [-0.2, 0) is 24.4 Å². The third kappa shape index (κ3) is 5.29. The number of ether oxygens (including phenoxy) is 1. The maximum absolute atomic E-state index is 12.1. The fraction of sp³-hybridized carbons (Fsp3) is 0.467. The van der Waals surface area contributed by atoms with Crippen molar-refractivity contribution in [1.29, 1.82) is 0 Å². The fourth-order valence-corrected chi connectivity index (χ4v) is 2.68. The van der Waals surface area contributed by atoms with Gasteiger partial charge in [0.2, 0.25) is 0 Å². The number of rotatable bonds is 8. The second-order valence-electron chi connectivity index (χ2n) is 5.08. The Morgan fingerprint density at radius 3 is 2.58 bits per heavy atom. The molecule has 0 aliphatic heterocycles. The van der Waals surface area contributed by atoms with Crippen molar-refractivity contribution in [3.05, 3.63) is 29.8 Å². The van der Waals surface area contributed by atoms with Gasteiger partial charge in [0.15, 0.2) is 6.61 Å². The minimum absolute atomic E-state index is 0.0192. The number of hydrogen-bond donors (Lipinski definition) is 1. The van der Waals surface area contributed by atoms with Crippen LogP contribution in [0.5, 0.6) is 0 Å². The van der Waals surface area contributed by atoms with Gasteiger partial charge in [-0.05, 0) is 31.5 Å². The number of esters is 1. The van der Waals surface area contributed by atoms with Crippen molar-refractivity contribution in [2.45, 2.75) is 31.2 Å². The molecule has 0 heterocycles. The summed E-state index contributed by atoms with van der Waals surface area (Å²) >= 11 is 0. The van der Waals surface area contributed by atoms with Crippen LogP contribution in [0.4, 0.5) is 0 Å². The van der Waals surface area contributed by atoms with Crippen molar-refractivity contribution in [2.75, 3.05) is 20.8 Å². The third-order valence-electron chi connectivity index (χ3n) is 3.32. The van der Waals surface area contributed by atoms with Crippen LogP contribution in [0.25, 0.3) is 0 Å². The summed E-state index contributed by atoms with van der Waals surface area (Å²) in [5.74, 6) is -1.20. The number of nitrogens with one attached hydrogen (secondary N) is 1. The van der Waals surface area contributed by atoms with E-state index in [9.17, 15) is 18.0 Å². The van der Waals surface area contributed by atoms with Crippen LogP contribution >= 0.6 is 0 Å². The summed E-state index contributed by atoms with van der Waals surface area (Å²) < 4.78 is 29.9. The van der Waals surface area contributed by atoms with E-state index in [1.54, 1.807) is 0 Å². The number of benzene rings is 1. The van der Waals surface area contributed by atoms with Gasteiger partial charge in [-0.2, -0.15) is 0 Å². The van der Waals surface area contributed by atoms with E-state index in [-0.39, 0.29) is 16.5 Å². The Morgan fingerprint density at radius 2 is 2.00 bits per heavy atom. The zero-order valence-electron chi connectivity index (χ0n) is 14.1. The number of sulfonamides is 1. The highest BCUT2D eigenvalue weighted by Gasteiger charge is 2.22. The molecule has 24 heavy (non-hydrogen) atoms. The van der Waals surface area contributed by atoms with Crippen molar-refractivity contribution in [3.8, 4) is 0 Å². The van der Waals surface area contributed by atoms with Gasteiger partial charge in [0.1, 0.15) is 0 Å². The molecule has 1 atom stereocenters. The second kappa shape index (κ2) is 8.76. The number of hydrogen-bond acceptors (Lipinski definition) is 6. The lowest BCUT2D eigenvalue weighted by Crippen LogP contribution is -2.35. The Morgan fingerprint density at radius 1 is 1.33 bits per heavy atom. The molecule has 0 fully saturated rings. The van der Waals surface area contributed by atoms with Gasteiger partial charge in [0, 0.05) is 13.1 Å². The van der Waals surface area contributed by atoms with E-state index in [2.05, 4.69) is 10.2 Å². The zero-order valence-corrected chi connectivity index (χ0v) is 14.9. The molecule has 1 aromatic rings. The molecule has 0 radical (unpaired) electrons. The van der Waals surface area contributed by atoms with Crippen LogP contribution in [0.2, 0.25) is 0 Å². The molecule has 0 bridgehead atoms. The van der Waals surface area contributed by atoms with Gasteiger partial charge in [-0.3, -0.25) is 9.63 Å². The molecular weight excluding hydrogens is 336 g/mol. The van der Waals surface area contributed by atoms with E-state index in [1.165, 1.54) is 38.4 Å². The molecule has 1 N–H and O–H groups in total. The molecule has 1 rings (SSSR count). The molecule has 0 aromatic heterocycles. The number of nitrogens with zero attached hydrogens (tertiary/aromatic N) is 1. The van der Waals surface area contributed by atoms with Crippen LogP contribution < -0.4 is 5.32 Å². The molecule has 0 spiro atoms. The monoisotopic (exact) mass is 358 g/mol. The van der Waals surface area contributed by atoms with E-state index in [0.717, 1.165) is 6.42 Å². The highest BCUT2D eigenvalue weighted by Crippen LogP contribution is 2.16. The molecule has 8 nitrogen and oxygen atoms in total. The lowest BCUT2D eigenvalue weighted by Gasteiger charge is -2.14. The molecule has 1 aromatic carbocycles. The molecule has 0 aliphatic carbocycles. The largest absolute Gasteiger partial charge is 0.452 e. The van der Waals surface area contributed by atoms with Gasteiger partial charge < -0.3 is 10.1 Å². The Bertz CT molecular complexity index is 689. The predicted octanol–water partition coefficient (Wildman–Crippen LogP) is 0.940. The van der Waals surface area contributed by atoms with Crippen molar-refractivity contribution in [3.63, 3.8) is 0 Å². The maximum Gasteiger partial charge on any atom is 0.338 e. The van der Waals surface area contributed by atoms with E-state index in [4.69, 9.17) is 4.74 Å². The van der Waals surface area contributed by atoms with Gasteiger partial charge >= 0.3 is 5.97 Å². The smallest absolute Gasteiger partial charge is 0.338 e. The summed E-state index contributed by atoms with van der Waals surface area (Å²) in [5, 5.41) is 2.66. The number of carbonyl (C=O) groups is 2. The fourth-order valence-electron chi connectivity index (χ4n) is 1.66. The minimum atomic E-state index is -3.87. The molecule has 134 valence electrons. The standard InChI is InChI=1S/C15H22N2O6S/c1-5-11(2)16-14(18)10-23-15(19)12-7-6-8-13(9-12)24(20,21)17(3)22-4/h6-9,11H,5,10H2,1-4H3,(H,16,18)/t11-/m1/s1. The van der Waals surface area contributed by atoms with Gasteiger partial charge in [0.25, 0.3) is 15.9 Å². The quantitative estimate of drug-likeness (QED) is 0.548. The van der Waals surface area contributed by atoms with Gasteiger partial charge in [-0.25, -0.2) is 13.2 Å². The predicted molar refractivity (Wildman–Crippen MR) is 86.6 cm³/mol. The molecule has 0 unspecified atom stereocenters. The van der Waals surface area contributed by atoms with Crippen molar-refractivity contribution in [1.82, 2.24) is 9.79 Å². The highest BCUT2D eigenvalue weighted by molar-refractivity contribution is 7.89. The average molecular weight is 358 g/mol. The van der Waals surface area contributed by atoms with Crippen LogP contribution in [-0.4, -0.2) is 51.6 Å². The van der Waals surface area contributed by atoms with Crippen LogP contribution in [0.3, 0.4) is 0 Å². The van der Waals surface area contributed by atoms with E-state index in [1.807, 2.05) is 13.8 Å². The summed E-state index contributed by atoms with van der Waals surface area (Å²) in [6, 6.07) is 5.29. The maximum atomic E-state index is 12.1. The molecule has 1 amide bonds. The van der Waals surface area contributed by atoms with Crippen molar-refractivity contribution >= 4 is 21.9 Å². The summed E-state index contributed by atoms with van der Waals surface area (Å²) in [6.45, 7) is 3.32. The van der Waals surface area contributed by atoms with E-state index in [0.29, 0.717) is 4.47 Å². The molecule has 0 aliphatic rings. The topological polar surface area (TPSA) is 102 Å². The van der Waals surface area contributed by atoms with Crippen molar-refractivity contribution in [2.24, 2.45) is 0 Å². The molecular formula is C15H22N2O6S. The van der Waals surface area contributed by atoms with Gasteiger partial charge in [-0.15, -0.1) is 0 Å². The first-order valence-corrected chi connectivity index (χ1v) is 8.76. The number of carbonyl (C=O) groups excluding carboxylic acids is 2. The summed E-state index contributed by atoms with van der Waals surface area (Å²) in [7, 11) is -1.42. The Kier molecular flexibility index (Phi) is 7.33. The zero-order chi connectivity index (χ0) is 18.3. The molecule has 0 saturated carbocycles. The lowest BCUT2D eigenvalue weighted by atomic mass is 10.2. The summed E-state index contributed by atoms with van der Waals surface area (Å²) in [6.07, 6.45) is 0.757. The van der Waals surface area contributed by atoms with Crippen LogP contribution in [0.15, 0.2) is 29.2 Å². The average Bonchev–Trinajstić information content (AvgIpc) is 2.58. The van der Waals surface area contributed by atoms with Crippen LogP contribution in [0.1, 0.15) is 30.6 Å². The normalized spacial score (nSPS) is 12.7. The third-order valence-corrected chi connectivity index (χ3v) is 4.99. The van der Waals surface area contributed by atoms with E-state index >= 15 is 0 Å². The first-order valence-electron chi connectivity index (χ1n) is 7.32.